The lowest BCUT2D eigenvalue weighted by Crippen LogP contribution is -2.35. The smallest absolute Gasteiger partial charge is 0.338 e. The number of benzene rings is 2. The molecule has 1 fully saturated rings. The van der Waals surface area contributed by atoms with E-state index in [1.165, 1.54) is 28.6 Å². The Balaban J connectivity index is 1.58. The largest absolute Gasteiger partial charge is 0.452 e. The number of aryl methyl sites for hydroxylation is 1. The molecule has 0 aromatic heterocycles. The van der Waals surface area contributed by atoms with Gasteiger partial charge in [0.05, 0.1) is 10.5 Å². The number of amides is 1. The predicted molar refractivity (Wildman–Crippen MR) is 114 cm³/mol. The summed E-state index contributed by atoms with van der Waals surface area (Å²) in [6, 6.07) is 10.6. The Morgan fingerprint density at radius 3 is 2.40 bits per heavy atom. The molecule has 30 heavy (non-hydrogen) atoms. The molecule has 0 bridgehead atoms. The number of sulfonamides is 1. The zero-order valence-corrected chi connectivity index (χ0v) is 18.1. The van der Waals surface area contributed by atoms with Crippen LogP contribution in [0.25, 0.3) is 0 Å². The standard InChI is InChI=1S/C21H23ClN2O5S/c1-15-5-8-17(22)13-19(15)23-20(25)14-29-21(26)16-6-9-18(10-7-16)30(27,28)24-11-3-2-4-12-24/h5-10,13H,2-4,11-12,14H2,1H3,(H,23,25). The van der Waals surface area contributed by atoms with Crippen LogP contribution in [0.2, 0.25) is 5.02 Å². The lowest BCUT2D eigenvalue weighted by Gasteiger charge is -2.25. The molecule has 1 heterocycles. The van der Waals surface area contributed by atoms with Crippen LogP contribution >= 0.6 is 11.6 Å². The number of ether oxygens (including phenoxy) is 1. The number of halogens is 1. The van der Waals surface area contributed by atoms with E-state index in [2.05, 4.69) is 5.32 Å². The van der Waals surface area contributed by atoms with Gasteiger partial charge in [-0.3, -0.25) is 4.79 Å². The van der Waals surface area contributed by atoms with Gasteiger partial charge in [0.15, 0.2) is 6.61 Å². The fraction of sp³-hybridized carbons (Fsp3) is 0.333. The van der Waals surface area contributed by atoms with Crippen molar-refractivity contribution in [3.8, 4) is 0 Å². The number of esters is 1. The lowest BCUT2D eigenvalue weighted by atomic mass is 10.2. The summed E-state index contributed by atoms with van der Waals surface area (Å²) < 4.78 is 31.8. The van der Waals surface area contributed by atoms with Crippen LogP contribution in [-0.2, 0) is 19.6 Å². The Bertz CT molecular complexity index is 1030. The topological polar surface area (TPSA) is 92.8 Å². The Labute approximate surface area is 181 Å². The van der Waals surface area contributed by atoms with Gasteiger partial charge in [-0.2, -0.15) is 4.31 Å². The van der Waals surface area contributed by atoms with E-state index in [1.54, 1.807) is 18.2 Å². The van der Waals surface area contributed by atoms with Gasteiger partial charge in [0.2, 0.25) is 10.0 Å². The molecule has 0 radical (unpaired) electrons. The predicted octanol–water partition coefficient (Wildman–Crippen LogP) is 3.62. The molecular formula is C21H23ClN2O5S. The van der Waals surface area contributed by atoms with Crippen LogP contribution < -0.4 is 5.32 Å². The minimum absolute atomic E-state index is 0.134. The van der Waals surface area contributed by atoms with Gasteiger partial charge >= 0.3 is 5.97 Å². The van der Waals surface area contributed by atoms with E-state index in [1.807, 2.05) is 6.92 Å². The van der Waals surface area contributed by atoms with Crippen molar-refractivity contribution in [2.45, 2.75) is 31.1 Å². The highest BCUT2D eigenvalue weighted by Gasteiger charge is 2.26. The summed E-state index contributed by atoms with van der Waals surface area (Å²) in [7, 11) is -3.57. The molecule has 7 nitrogen and oxygen atoms in total. The summed E-state index contributed by atoms with van der Waals surface area (Å²) in [5, 5.41) is 3.12. The molecule has 1 saturated heterocycles. The van der Waals surface area contributed by atoms with E-state index in [0.717, 1.165) is 24.8 Å². The van der Waals surface area contributed by atoms with Crippen LogP contribution in [0, 0.1) is 6.92 Å². The Morgan fingerprint density at radius 2 is 1.73 bits per heavy atom. The van der Waals surface area contributed by atoms with Crippen LogP contribution in [-0.4, -0.2) is 44.3 Å². The summed E-state index contributed by atoms with van der Waals surface area (Å²) in [4.78, 5) is 24.4. The monoisotopic (exact) mass is 450 g/mol. The van der Waals surface area contributed by atoms with Crippen LogP contribution in [0.3, 0.4) is 0 Å². The first-order valence-corrected chi connectivity index (χ1v) is 11.4. The third-order valence-electron chi connectivity index (χ3n) is 4.85. The minimum atomic E-state index is -3.57. The van der Waals surface area contributed by atoms with E-state index in [-0.39, 0.29) is 10.5 Å². The zero-order chi connectivity index (χ0) is 21.7. The average Bonchev–Trinajstić information content (AvgIpc) is 2.75. The van der Waals surface area contributed by atoms with Gasteiger partial charge in [-0.15, -0.1) is 0 Å². The first-order chi connectivity index (χ1) is 14.3. The molecule has 0 atom stereocenters. The van der Waals surface area contributed by atoms with E-state index in [4.69, 9.17) is 16.3 Å². The van der Waals surface area contributed by atoms with Crippen LogP contribution in [0.15, 0.2) is 47.4 Å². The molecule has 0 aliphatic carbocycles. The van der Waals surface area contributed by atoms with Crippen molar-refractivity contribution in [3.05, 3.63) is 58.6 Å². The first kappa shape index (κ1) is 22.3. The van der Waals surface area contributed by atoms with E-state index >= 15 is 0 Å². The molecule has 1 N–H and O–H groups in total. The molecule has 1 amide bonds. The fourth-order valence-electron chi connectivity index (χ4n) is 3.15. The second kappa shape index (κ2) is 9.59. The second-order valence-corrected chi connectivity index (χ2v) is 9.45. The molecule has 1 aliphatic heterocycles. The second-order valence-electron chi connectivity index (χ2n) is 7.07. The zero-order valence-electron chi connectivity index (χ0n) is 16.6. The third-order valence-corrected chi connectivity index (χ3v) is 7.00. The highest BCUT2D eigenvalue weighted by atomic mass is 35.5. The summed E-state index contributed by atoms with van der Waals surface area (Å²) in [5.74, 6) is -1.21. The number of anilines is 1. The lowest BCUT2D eigenvalue weighted by molar-refractivity contribution is -0.119. The minimum Gasteiger partial charge on any atom is -0.452 e. The Hall–Kier alpha value is -2.42. The summed E-state index contributed by atoms with van der Waals surface area (Å²) >= 11 is 5.92. The Morgan fingerprint density at radius 1 is 1.07 bits per heavy atom. The Kier molecular flexibility index (Phi) is 7.12. The number of nitrogens with zero attached hydrogens (tertiary/aromatic N) is 1. The van der Waals surface area contributed by atoms with Gasteiger partial charge in [0.25, 0.3) is 5.91 Å². The molecule has 160 valence electrons. The fourth-order valence-corrected chi connectivity index (χ4v) is 4.84. The number of nitrogens with one attached hydrogen (secondary N) is 1. The van der Waals surface area contributed by atoms with Crippen LogP contribution in [0.5, 0.6) is 0 Å². The molecule has 0 unspecified atom stereocenters. The molecule has 0 spiro atoms. The van der Waals surface area contributed by atoms with Gasteiger partial charge in [-0.25, -0.2) is 13.2 Å². The molecule has 2 aromatic carbocycles. The molecule has 1 aliphatic rings. The highest BCUT2D eigenvalue weighted by Crippen LogP contribution is 2.22. The van der Waals surface area contributed by atoms with Gasteiger partial charge in [-0.1, -0.05) is 24.1 Å². The van der Waals surface area contributed by atoms with Crippen LogP contribution in [0.4, 0.5) is 5.69 Å². The number of rotatable bonds is 6. The number of hydrogen-bond acceptors (Lipinski definition) is 5. The molecule has 2 aromatic rings. The van der Waals surface area contributed by atoms with Crippen LogP contribution in [0.1, 0.15) is 35.2 Å². The first-order valence-electron chi connectivity index (χ1n) is 9.61. The maximum absolute atomic E-state index is 12.7. The van der Waals surface area contributed by atoms with Gasteiger partial charge < -0.3 is 10.1 Å². The number of carbonyl (C=O) groups excluding carboxylic acids is 2. The van der Waals surface area contributed by atoms with Gasteiger partial charge in [-0.05, 0) is 61.7 Å². The number of piperidine rings is 1. The SMILES string of the molecule is Cc1ccc(Cl)cc1NC(=O)COC(=O)c1ccc(S(=O)(=O)N2CCCCC2)cc1. The van der Waals surface area contributed by atoms with Crippen molar-refractivity contribution in [1.82, 2.24) is 4.31 Å². The van der Waals surface area contributed by atoms with Crippen molar-refractivity contribution < 1.29 is 22.7 Å². The van der Waals surface area contributed by atoms with Gasteiger partial charge in [0.1, 0.15) is 0 Å². The van der Waals surface area contributed by atoms with E-state index < -0.39 is 28.5 Å². The van der Waals surface area contributed by atoms with Crippen molar-refractivity contribution in [2.24, 2.45) is 0 Å². The van der Waals surface area contributed by atoms with Crippen molar-refractivity contribution >= 4 is 39.2 Å². The van der Waals surface area contributed by atoms with Crippen molar-refractivity contribution in [2.75, 3.05) is 25.0 Å². The maximum Gasteiger partial charge on any atom is 0.338 e. The van der Waals surface area contributed by atoms with E-state index in [0.29, 0.717) is 23.8 Å². The van der Waals surface area contributed by atoms with Crippen molar-refractivity contribution in [3.63, 3.8) is 0 Å². The third kappa shape index (κ3) is 5.38. The molecule has 3 rings (SSSR count). The quantitative estimate of drug-likeness (QED) is 0.678. The summed E-state index contributed by atoms with van der Waals surface area (Å²) in [6.45, 7) is 2.36. The highest BCUT2D eigenvalue weighted by molar-refractivity contribution is 7.89. The molecule has 0 saturated carbocycles. The van der Waals surface area contributed by atoms with Crippen molar-refractivity contribution in [1.29, 1.82) is 0 Å². The number of carbonyl (C=O) groups is 2. The summed E-state index contributed by atoms with van der Waals surface area (Å²) in [6.07, 6.45) is 2.72. The van der Waals surface area contributed by atoms with Gasteiger partial charge in [0, 0.05) is 23.8 Å². The molecule has 9 heteroatoms. The van der Waals surface area contributed by atoms with E-state index in [9.17, 15) is 18.0 Å². The summed E-state index contributed by atoms with van der Waals surface area (Å²) in [5.41, 5.74) is 1.53. The number of hydrogen-bond donors (Lipinski definition) is 1. The maximum atomic E-state index is 12.7. The molecular weight excluding hydrogens is 428 g/mol. The normalized spacial score (nSPS) is 14.9. The average molecular weight is 451 g/mol.